The molecular weight excluding hydrogens is 496 g/mol. The third-order valence-corrected chi connectivity index (χ3v) is 7.82. The molecule has 4 N–H and O–H groups in total. The minimum atomic E-state index is -0.480. The molecule has 1 aliphatic carbocycles. The first-order valence-corrected chi connectivity index (χ1v) is 13.6. The van der Waals surface area contributed by atoms with Crippen molar-refractivity contribution in [2.75, 3.05) is 14.1 Å². The lowest BCUT2D eigenvalue weighted by atomic mass is 9.79. The van der Waals surface area contributed by atoms with Crippen LogP contribution < -0.4 is 10.6 Å². The van der Waals surface area contributed by atoms with Gasteiger partial charge < -0.3 is 20.6 Å². The van der Waals surface area contributed by atoms with E-state index in [9.17, 15) is 9.59 Å². The molecule has 40 heavy (non-hydrogen) atoms. The van der Waals surface area contributed by atoms with Crippen molar-refractivity contribution in [3.8, 4) is 0 Å². The molecule has 0 bridgehead atoms. The van der Waals surface area contributed by atoms with Crippen molar-refractivity contribution >= 4 is 44.5 Å². The first kappa shape index (κ1) is 27.0. The number of carbonyl (C=O) groups excluding carboxylic acids is 2. The van der Waals surface area contributed by atoms with E-state index in [0.717, 1.165) is 45.0 Å². The lowest BCUT2D eigenvalue weighted by Gasteiger charge is -2.27. The third-order valence-electron chi connectivity index (χ3n) is 7.82. The maximum Gasteiger partial charge on any atom is 0.212 e. The van der Waals surface area contributed by atoms with E-state index in [1.807, 2.05) is 62.5 Å². The average Bonchev–Trinajstić information content (AvgIpc) is 3.55. The van der Waals surface area contributed by atoms with Crippen LogP contribution in [0.15, 0.2) is 84.4 Å². The van der Waals surface area contributed by atoms with E-state index in [0.29, 0.717) is 16.7 Å². The Hall–Kier alpha value is -4.58. The molecule has 2 aromatic carbocycles. The Bertz CT molecular complexity index is 1780. The highest BCUT2D eigenvalue weighted by Gasteiger charge is 2.39. The van der Waals surface area contributed by atoms with Gasteiger partial charge in [0.2, 0.25) is 11.6 Å². The molecule has 0 saturated heterocycles. The maximum atomic E-state index is 14.4. The van der Waals surface area contributed by atoms with Gasteiger partial charge in [0.25, 0.3) is 0 Å². The van der Waals surface area contributed by atoms with Crippen LogP contribution >= 0.6 is 0 Å². The Kier molecular flexibility index (Phi) is 6.88. The van der Waals surface area contributed by atoms with E-state index >= 15 is 0 Å². The van der Waals surface area contributed by atoms with Crippen LogP contribution in [0.3, 0.4) is 0 Å². The minimum absolute atomic E-state index is 0.232. The summed E-state index contributed by atoms with van der Waals surface area (Å²) >= 11 is 0. The van der Waals surface area contributed by atoms with Crippen molar-refractivity contribution in [3.63, 3.8) is 0 Å². The van der Waals surface area contributed by atoms with Gasteiger partial charge in [-0.25, -0.2) is 0 Å². The van der Waals surface area contributed by atoms with E-state index in [1.165, 1.54) is 5.57 Å². The van der Waals surface area contributed by atoms with E-state index in [-0.39, 0.29) is 23.0 Å². The summed E-state index contributed by atoms with van der Waals surface area (Å²) in [5.41, 5.74) is 7.28. The molecule has 2 heterocycles. The lowest BCUT2D eigenvalue weighted by molar-refractivity contribution is -0.114. The molecule has 204 valence electrons. The van der Waals surface area contributed by atoms with Gasteiger partial charge in [0.1, 0.15) is 0 Å². The highest BCUT2D eigenvalue weighted by Crippen LogP contribution is 2.43. The van der Waals surface area contributed by atoms with Gasteiger partial charge in [0, 0.05) is 64.3 Å². The molecule has 0 saturated carbocycles. The lowest BCUT2D eigenvalue weighted by Crippen LogP contribution is -2.33. The second-order valence-corrected chi connectivity index (χ2v) is 11.0. The number of aromatic amines is 2. The molecule has 0 aliphatic heterocycles. The van der Waals surface area contributed by atoms with E-state index in [2.05, 4.69) is 53.2 Å². The zero-order valence-electron chi connectivity index (χ0n) is 24.0. The number of Topliss-reactive ketones (excluding diaryl/α,β-unsaturated/α-hetero) is 2. The number of hydrogen-bond acceptors (Lipinski definition) is 4. The molecule has 1 aliphatic rings. The summed E-state index contributed by atoms with van der Waals surface area (Å²) in [7, 11) is 3.39. The summed E-state index contributed by atoms with van der Waals surface area (Å²) in [6.45, 7) is 12.3. The first-order valence-electron chi connectivity index (χ1n) is 13.6. The maximum absolute atomic E-state index is 14.4. The predicted molar refractivity (Wildman–Crippen MR) is 165 cm³/mol. The van der Waals surface area contributed by atoms with Gasteiger partial charge in [-0.05, 0) is 31.9 Å². The van der Waals surface area contributed by atoms with Crippen LogP contribution in [0, 0.1) is 0 Å². The van der Waals surface area contributed by atoms with Gasteiger partial charge in [-0.15, -0.1) is 6.58 Å². The van der Waals surface area contributed by atoms with Crippen LogP contribution in [0.5, 0.6) is 0 Å². The molecular formula is C34H36N4O2. The number of para-hydroxylation sites is 2. The van der Waals surface area contributed by atoms with Crippen LogP contribution in [0.2, 0.25) is 0 Å². The fourth-order valence-corrected chi connectivity index (χ4v) is 5.57. The van der Waals surface area contributed by atoms with Crippen molar-refractivity contribution in [2.45, 2.75) is 39.5 Å². The Labute approximate surface area is 234 Å². The molecule has 6 nitrogen and oxygen atoms in total. The second-order valence-electron chi connectivity index (χ2n) is 11.0. The van der Waals surface area contributed by atoms with Gasteiger partial charge in [0.05, 0.1) is 22.5 Å². The van der Waals surface area contributed by atoms with Gasteiger partial charge in [-0.3, -0.25) is 9.59 Å². The summed E-state index contributed by atoms with van der Waals surface area (Å²) in [4.78, 5) is 35.7. The molecule has 0 radical (unpaired) electrons. The summed E-state index contributed by atoms with van der Waals surface area (Å²) in [5.74, 6) is -0.466. The number of ketones is 2. The van der Waals surface area contributed by atoms with Crippen LogP contribution in [-0.4, -0.2) is 35.6 Å². The molecule has 0 unspecified atom stereocenters. The zero-order valence-corrected chi connectivity index (χ0v) is 24.0. The summed E-state index contributed by atoms with van der Waals surface area (Å²) in [6.07, 6.45) is 6.65. The smallest absolute Gasteiger partial charge is 0.212 e. The van der Waals surface area contributed by atoms with Crippen LogP contribution in [-0.2, 0) is 21.4 Å². The first-order chi connectivity index (χ1) is 19.1. The summed E-state index contributed by atoms with van der Waals surface area (Å²) < 4.78 is 0. The second kappa shape index (κ2) is 10.2. The largest absolute Gasteiger partial charge is 0.384 e. The molecule has 2 aromatic heterocycles. The normalized spacial score (nSPS) is 14.3. The van der Waals surface area contributed by atoms with Crippen molar-refractivity contribution in [3.05, 3.63) is 107 Å². The Morgan fingerprint density at radius 1 is 0.925 bits per heavy atom. The molecule has 0 amide bonds. The van der Waals surface area contributed by atoms with E-state index in [4.69, 9.17) is 0 Å². The monoisotopic (exact) mass is 532 g/mol. The van der Waals surface area contributed by atoms with Crippen molar-refractivity contribution in [2.24, 2.45) is 0 Å². The zero-order chi connectivity index (χ0) is 28.8. The van der Waals surface area contributed by atoms with Crippen molar-refractivity contribution in [1.29, 1.82) is 0 Å². The molecule has 0 fully saturated rings. The molecule has 0 spiro atoms. The van der Waals surface area contributed by atoms with Crippen molar-refractivity contribution < 1.29 is 9.59 Å². The van der Waals surface area contributed by atoms with Gasteiger partial charge in [-0.2, -0.15) is 0 Å². The number of nitrogens with one attached hydrogen (secondary N) is 4. The average molecular weight is 533 g/mol. The predicted octanol–water partition coefficient (Wildman–Crippen LogP) is 6.33. The topological polar surface area (TPSA) is 89.8 Å². The highest BCUT2D eigenvalue weighted by molar-refractivity contribution is 6.49. The van der Waals surface area contributed by atoms with Gasteiger partial charge in [0.15, 0.2) is 0 Å². The Morgan fingerprint density at radius 2 is 1.57 bits per heavy atom. The van der Waals surface area contributed by atoms with Gasteiger partial charge >= 0.3 is 0 Å². The van der Waals surface area contributed by atoms with Crippen LogP contribution in [0.1, 0.15) is 50.1 Å². The Balaban J connectivity index is 1.76. The van der Waals surface area contributed by atoms with E-state index < -0.39 is 5.41 Å². The SMILES string of the molecule is C=CC(C)(C)c1[nH]c2ccccc2c1C1=C(NC)C(=O)C(c2c[nH]c3c(CC=C(C)C)cccc23)=C(NC)C1=O. The number of benzene rings is 2. The van der Waals surface area contributed by atoms with E-state index in [1.54, 1.807) is 14.1 Å². The number of fused-ring (bicyclic) bond motifs is 2. The van der Waals surface area contributed by atoms with Crippen LogP contribution in [0.25, 0.3) is 33.0 Å². The number of aromatic nitrogens is 2. The third kappa shape index (κ3) is 4.20. The highest BCUT2D eigenvalue weighted by atomic mass is 16.1. The van der Waals surface area contributed by atoms with Crippen molar-refractivity contribution in [1.82, 2.24) is 20.6 Å². The number of carbonyl (C=O) groups is 2. The molecule has 5 rings (SSSR count). The summed E-state index contributed by atoms with van der Waals surface area (Å²) in [5, 5.41) is 7.98. The number of rotatable bonds is 8. The van der Waals surface area contributed by atoms with Gasteiger partial charge in [-0.1, -0.05) is 68.0 Å². The molecule has 6 heteroatoms. The number of allylic oxidation sites excluding steroid dienone is 5. The summed E-state index contributed by atoms with van der Waals surface area (Å²) in [6, 6.07) is 13.9. The molecule has 0 atom stereocenters. The minimum Gasteiger partial charge on any atom is -0.384 e. The number of likely N-dealkylation sites (N-methyl/N-ethyl adjacent to an activating group) is 2. The number of hydrogen-bond donors (Lipinski definition) is 4. The Morgan fingerprint density at radius 3 is 2.25 bits per heavy atom. The fraction of sp³-hybridized carbons (Fsp3) is 0.235. The quantitative estimate of drug-likeness (QED) is 0.158. The fourth-order valence-electron chi connectivity index (χ4n) is 5.57. The number of H-pyrrole nitrogens is 2. The molecule has 4 aromatic rings. The van der Waals surface area contributed by atoms with Crippen LogP contribution in [0.4, 0.5) is 0 Å². The standard InChI is InChI=1S/C34H36N4O2/c1-8-34(4,5)33-25(22-13-9-10-15-24(22)38-33)27-30(36-7)31(39)26(29(35-6)32(27)40)23-18-37-28-20(17-16-19(2)3)12-11-14-21(23)28/h8-16,18,35-38H,1,17H2,2-7H3.